The molecule has 1 aromatic rings. The molecule has 168 valence electrons. The molecular weight excluding hydrogens is 493 g/mol. The highest BCUT2D eigenvalue weighted by Crippen LogP contribution is 2.36. The molecule has 0 saturated carbocycles. The molecule has 3 rings (SSSR count). The van der Waals surface area contributed by atoms with E-state index in [0.717, 1.165) is 44.6 Å². The van der Waals surface area contributed by atoms with Crippen LogP contribution in [0.5, 0.6) is 0 Å². The molecule has 30 heavy (non-hydrogen) atoms. The molecule has 0 aromatic carbocycles. The normalized spacial score (nSPS) is 23.6. The van der Waals surface area contributed by atoms with Gasteiger partial charge in [0.15, 0.2) is 5.96 Å². The molecule has 2 saturated heterocycles. The number of amides is 1. The quantitative estimate of drug-likeness (QED) is 0.354. The van der Waals surface area contributed by atoms with Gasteiger partial charge in [0.25, 0.3) is 0 Å². The fourth-order valence-corrected chi connectivity index (χ4v) is 4.39. The number of rotatable bonds is 4. The number of piperidine rings is 1. The van der Waals surface area contributed by atoms with E-state index in [9.17, 15) is 4.79 Å². The average molecular weight is 529 g/mol. The Balaban J connectivity index is 0.00000320. The molecule has 0 aliphatic carbocycles. The molecular formula is C22H36IN5O2. The van der Waals surface area contributed by atoms with E-state index in [4.69, 9.17) is 4.74 Å². The van der Waals surface area contributed by atoms with Gasteiger partial charge >= 0.3 is 6.09 Å². The first-order valence-electron chi connectivity index (χ1n) is 10.6. The minimum atomic E-state index is -0.454. The number of aliphatic imine (C=N–C) groups is 1. The summed E-state index contributed by atoms with van der Waals surface area (Å²) < 4.78 is 5.63. The fraction of sp³-hybridized carbons (Fsp3) is 0.682. The van der Waals surface area contributed by atoms with E-state index in [1.165, 1.54) is 11.1 Å². The lowest BCUT2D eigenvalue weighted by Gasteiger charge is -2.40. The van der Waals surface area contributed by atoms with Gasteiger partial charge in [-0.15, -0.1) is 24.0 Å². The average Bonchev–Trinajstić information content (AvgIpc) is 2.92. The van der Waals surface area contributed by atoms with Gasteiger partial charge in [-0.1, -0.05) is 0 Å². The van der Waals surface area contributed by atoms with Crippen LogP contribution in [0.15, 0.2) is 23.5 Å². The van der Waals surface area contributed by atoms with Gasteiger partial charge in [0, 0.05) is 44.1 Å². The van der Waals surface area contributed by atoms with Crippen LogP contribution in [0, 0.1) is 6.92 Å². The summed E-state index contributed by atoms with van der Waals surface area (Å²) in [6, 6.07) is 2.88. The van der Waals surface area contributed by atoms with E-state index in [1.807, 2.05) is 38.1 Å². The Morgan fingerprint density at radius 1 is 1.30 bits per heavy atom. The Hall–Kier alpha value is -1.58. The smallest absolute Gasteiger partial charge is 0.410 e. The number of hydrogen-bond acceptors (Lipinski definition) is 4. The van der Waals surface area contributed by atoms with Crippen LogP contribution in [0.3, 0.4) is 0 Å². The molecule has 0 radical (unpaired) electrons. The first-order valence-corrected chi connectivity index (χ1v) is 10.6. The van der Waals surface area contributed by atoms with Crippen LogP contribution in [0.4, 0.5) is 4.79 Å². The molecule has 2 aliphatic rings. The van der Waals surface area contributed by atoms with Crippen LogP contribution >= 0.6 is 24.0 Å². The van der Waals surface area contributed by atoms with Crippen molar-refractivity contribution < 1.29 is 9.53 Å². The summed E-state index contributed by atoms with van der Waals surface area (Å²) in [5, 5.41) is 6.98. The molecule has 2 aliphatic heterocycles. The number of aromatic nitrogens is 1. The molecule has 2 fully saturated rings. The van der Waals surface area contributed by atoms with E-state index < -0.39 is 5.60 Å². The van der Waals surface area contributed by atoms with Crippen molar-refractivity contribution in [3.63, 3.8) is 0 Å². The number of pyridine rings is 1. The van der Waals surface area contributed by atoms with Gasteiger partial charge in [0.2, 0.25) is 0 Å². The third kappa shape index (κ3) is 6.46. The summed E-state index contributed by atoms with van der Waals surface area (Å²) in [7, 11) is 1.80. The number of fused-ring (bicyclic) bond motifs is 2. The third-order valence-corrected chi connectivity index (χ3v) is 5.73. The maximum absolute atomic E-state index is 12.6. The van der Waals surface area contributed by atoms with Crippen molar-refractivity contribution in [2.24, 2.45) is 4.99 Å². The largest absolute Gasteiger partial charge is 0.444 e. The van der Waals surface area contributed by atoms with E-state index >= 15 is 0 Å². The van der Waals surface area contributed by atoms with Gasteiger partial charge < -0.3 is 20.3 Å². The Bertz CT molecular complexity index is 735. The second-order valence-corrected chi connectivity index (χ2v) is 9.14. The number of ether oxygens (including phenoxy) is 1. The van der Waals surface area contributed by atoms with Crippen LogP contribution in [-0.2, 0) is 11.2 Å². The highest BCUT2D eigenvalue weighted by Gasteiger charge is 2.45. The highest BCUT2D eigenvalue weighted by atomic mass is 127. The van der Waals surface area contributed by atoms with E-state index in [1.54, 1.807) is 7.05 Å². The van der Waals surface area contributed by atoms with Gasteiger partial charge in [-0.05, 0) is 77.0 Å². The molecule has 2 bridgehead atoms. The summed E-state index contributed by atoms with van der Waals surface area (Å²) >= 11 is 0. The van der Waals surface area contributed by atoms with Crippen LogP contribution in [0.25, 0.3) is 0 Å². The first kappa shape index (κ1) is 24.7. The monoisotopic (exact) mass is 529 g/mol. The van der Waals surface area contributed by atoms with Crippen molar-refractivity contribution in [2.75, 3.05) is 13.6 Å². The number of carbonyl (C=O) groups excluding carboxylic acids is 1. The summed E-state index contributed by atoms with van der Waals surface area (Å²) in [5.74, 6) is 0.826. The van der Waals surface area contributed by atoms with Crippen molar-refractivity contribution in [1.82, 2.24) is 20.5 Å². The maximum atomic E-state index is 12.6. The summed E-state index contributed by atoms with van der Waals surface area (Å²) in [6.07, 6.45) is 8.46. The lowest BCUT2D eigenvalue weighted by molar-refractivity contribution is 0.00545. The number of guanidine groups is 1. The topological polar surface area (TPSA) is 78.9 Å². The predicted molar refractivity (Wildman–Crippen MR) is 130 cm³/mol. The Morgan fingerprint density at radius 2 is 1.97 bits per heavy atom. The standard InChI is InChI=1S/C22H35N5O2.HI/c1-15-14-24-10-8-16(15)9-11-25-20(23-5)26-17-12-18-6-7-19(13-17)27(18)21(28)29-22(2,3)4;/h8,10,14,17-19H,6-7,9,11-13H2,1-5H3,(H2,23,25,26);1H. The molecule has 2 atom stereocenters. The van der Waals surface area contributed by atoms with Crippen LogP contribution < -0.4 is 10.6 Å². The summed E-state index contributed by atoms with van der Waals surface area (Å²) in [6.45, 7) is 8.66. The number of nitrogens with zero attached hydrogens (tertiary/aromatic N) is 3. The SMILES string of the molecule is CN=C(NCCc1ccncc1C)NC1CC2CCC(C1)N2C(=O)OC(C)(C)C.I. The number of nitrogens with one attached hydrogen (secondary N) is 2. The first-order chi connectivity index (χ1) is 13.8. The molecule has 1 aromatic heterocycles. The zero-order valence-corrected chi connectivity index (χ0v) is 21.1. The van der Waals surface area contributed by atoms with Crippen LogP contribution in [0.2, 0.25) is 0 Å². The van der Waals surface area contributed by atoms with E-state index in [2.05, 4.69) is 33.6 Å². The molecule has 1 amide bonds. The molecule has 7 nitrogen and oxygen atoms in total. The van der Waals surface area contributed by atoms with Crippen molar-refractivity contribution in [3.8, 4) is 0 Å². The molecule has 2 unspecified atom stereocenters. The minimum Gasteiger partial charge on any atom is -0.444 e. The number of halogens is 1. The second-order valence-electron chi connectivity index (χ2n) is 9.14. The van der Waals surface area contributed by atoms with E-state index in [0.29, 0.717) is 6.04 Å². The van der Waals surface area contributed by atoms with Crippen molar-refractivity contribution in [2.45, 2.75) is 83.5 Å². The summed E-state index contributed by atoms with van der Waals surface area (Å²) in [4.78, 5) is 23.1. The lowest BCUT2D eigenvalue weighted by atomic mass is 9.98. The highest BCUT2D eigenvalue weighted by molar-refractivity contribution is 14.0. The van der Waals surface area contributed by atoms with Gasteiger partial charge in [-0.2, -0.15) is 0 Å². The molecule has 2 N–H and O–H groups in total. The van der Waals surface area contributed by atoms with Gasteiger partial charge in [0.1, 0.15) is 5.60 Å². The van der Waals surface area contributed by atoms with Gasteiger partial charge in [0.05, 0.1) is 0 Å². The molecule has 8 heteroatoms. The van der Waals surface area contributed by atoms with Crippen molar-refractivity contribution >= 4 is 36.0 Å². The zero-order chi connectivity index (χ0) is 21.0. The second kappa shape index (κ2) is 10.6. The van der Waals surface area contributed by atoms with Gasteiger partial charge in [-0.25, -0.2) is 4.79 Å². The number of hydrogen-bond donors (Lipinski definition) is 2. The zero-order valence-electron chi connectivity index (χ0n) is 18.8. The lowest BCUT2D eigenvalue weighted by Crippen LogP contribution is -2.55. The van der Waals surface area contributed by atoms with Crippen LogP contribution in [0.1, 0.15) is 57.6 Å². The number of aryl methyl sites for hydroxylation is 1. The summed E-state index contributed by atoms with van der Waals surface area (Å²) in [5.41, 5.74) is 2.06. The Kier molecular flexibility index (Phi) is 8.75. The number of carbonyl (C=O) groups is 1. The maximum Gasteiger partial charge on any atom is 0.410 e. The molecule has 3 heterocycles. The van der Waals surface area contributed by atoms with Crippen LogP contribution in [-0.4, -0.2) is 59.3 Å². The Morgan fingerprint density at radius 3 is 2.53 bits per heavy atom. The molecule has 0 spiro atoms. The fourth-order valence-electron chi connectivity index (χ4n) is 4.39. The minimum absolute atomic E-state index is 0. The van der Waals surface area contributed by atoms with Crippen molar-refractivity contribution in [1.29, 1.82) is 0 Å². The van der Waals surface area contributed by atoms with Gasteiger partial charge in [-0.3, -0.25) is 9.98 Å². The Labute approximate surface area is 197 Å². The van der Waals surface area contributed by atoms with Crippen molar-refractivity contribution in [3.05, 3.63) is 29.6 Å². The third-order valence-electron chi connectivity index (χ3n) is 5.73. The van der Waals surface area contributed by atoms with E-state index in [-0.39, 0.29) is 42.2 Å². The predicted octanol–water partition coefficient (Wildman–Crippen LogP) is 3.65.